The van der Waals surface area contributed by atoms with Crippen LogP contribution >= 0.6 is 0 Å². The van der Waals surface area contributed by atoms with Gasteiger partial charge in [-0.3, -0.25) is 0 Å². The van der Waals surface area contributed by atoms with Crippen LogP contribution in [0, 0.1) is 11.7 Å². The SMILES string of the molecule is CCOC(=O)c1cc(-c2ccc(CC)cc2F)c2c(n1)OC(CO)C(C)C2. The predicted molar refractivity (Wildman–Crippen MR) is 99.3 cm³/mol. The summed E-state index contributed by atoms with van der Waals surface area (Å²) >= 11 is 0. The zero-order valence-electron chi connectivity index (χ0n) is 15.8. The lowest BCUT2D eigenvalue weighted by atomic mass is 9.88. The quantitative estimate of drug-likeness (QED) is 0.812. The number of carbonyl (C=O) groups is 1. The third-order valence-electron chi connectivity index (χ3n) is 4.91. The molecule has 2 unspecified atom stereocenters. The Balaban J connectivity index is 2.17. The van der Waals surface area contributed by atoms with Gasteiger partial charge in [-0.05, 0) is 48.9 Å². The molecular formula is C21H24FNO4. The number of ether oxygens (including phenoxy) is 2. The van der Waals surface area contributed by atoms with Crippen molar-refractivity contribution in [2.75, 3.05) is 13.2 Å². The Labute approximate surface area is 158 Å². The topological polar surface area (TPSA) is 68.7 Å². The van der Waals surface area contributed by atoms with Gasteiger partial charge in [0.05, 0.1) is 13.2 Å². The first-order valence-electron chi connectivity index (χ1n) is 9.25. The maximum absolute atomic E-state index is 14.8. The van der Waals surface area contributed by atoms with Crippen LogP contribution in [0.15, 0.2) is 24.3 Å². The van der Waals surface area contributed by atoms with Crippen molar-refractivity contribution in [3.63, 3.8) is 0 Å². The van der Waals surface area contributed by atoms with Crippen molar-refractivity contribution in [1.29, 1.82) is 0 Å². The molecule has 0 amide bonds. The number of nitrogens with zero attached hydrogens (tertiary/aromatic N) is 1. The van der Waals surface area contributed by atoms with Gasteiger partial charge in [-0.25, -0.2) is 14.2 Å². The van der Waals surface area contributed by atoms with Crippen LogP contribution in [0.25, 0.3) is 11.1 Å². The summed E-state index contributed by atoms with van der Waals surface area (Å²) in [6, 6.07) is 6.67. The summed E-state index contributed by atoms with van der Waals surface area (Å²) in [6.45, 7) is 5.69. The molecule has 27 heavy (non-hydrogen) atoms. The fourth-order valence-corrected chi connectivity index (χ4v) is 3.32. The van der Waals surface area contributed by atoms with Crippen LogP contribution in [0.4, 0.5) is 4.39 Å². The molecule has 2 heterocycles. The van der Waals surface area contributed by atoms with E-state index in [0.29, 0.717) is 17.5 Å². The van der Waals surface area contributed by atoms with Crippen molar-refractivity contribution < 1.29 is 23.8 Å². The van der Waals surface area contributed by atoms with E-state index in [4.69, 9.17) is 9.47 Å². The van der Waals surface area contributed by atoms with E-state index >= 15 is 0 Å². The maximum Gasteiger partial charge on any atom is 0.357 e. The molecule has 0 fully saturated rings. The Morgan fingerprint density at radius 2 is 2.11 bits per heavy atom. The Bertz CT molecular complexity index is 852. The molecule has 0 spiro atoms. The summed E-state index contributed by atoms with van der Waals surface area (Å²) in [6.07, 6.45) is 0.890. The van der Waals surface area contributed by atoms with Crippen molar-refractivity contribution in [3.8, 4) is 17.0 Å². The first-order chi connectivity index (χ1) is 13.0. The molecule has 1 aliphatic rings. The van der Waals surface area contributed by atoms with E-state index in [1.165, 1.54) is 6.07 Å². The molecule has 0 saturated carbocycles. The second-order valence-electron chi connectivity index (χ2n) is 6.75. The zero-order chi connectivity index (χ0) is 19.6. The van der Waals surface area contributed by atoms with Crippen molar-refractivity contribution in [1.82, 2.24) is 4.98 Å². The van der Waals surface area contributed by atoms with Crippen molar-refractivity contribution in [2.45, 2.75) is 39.7 Å². The summed E-state index contributed by atoms with van der Waals surface area (Å²) in [5, 5.41) is 9.53. The molecule has 1 N–H and O–H groups in total. The van der Waals surface area contributed by atoms with Gasteiger partial charge in [-0.15, -0.1) is 0 Å². The number of rotatable bonds is 5. The van der Waals surface area contributed by atoms with E-state index < -0.39 is 12.1 Å². The predicted octanol–water partition coefficient (Wildman–Crippen LogP) is 3.56. The lowest BCUT2D eigenvalue weighted by molar-refractivity contribution is 0.0491. The third kappa shape index (κ3) is 3.81. The standard InChI is InChI=1S/C21H24FNO4/c1-4-13-6-7-14(17(22)9-13)15-10-18(21(25)26-5-2)23-20-16(15)8-12(3)19(11-24)27-20/h6-7,9-10,12,19,24H,4-5,8,11H2,1-3H3. The van der Waals surface area contributed by atoms with Crippen LogP contribution < -0.4 is 4.74 Å². The van der Waals surface area contributed by atoms with Gasteiger partial charge in [-0.1, -0.05) is 26.0 Å². The molecule has 5 nitrogen and oxygen atoms in total. The van der Waals surface area contributed by atoms with Crippen LogP contribution in [0.3, 0.4) is 0 Å². The third-order valence-corrected chi connectivity index (χ3v) is 4.91. The number of benzene rings is 1. The molecule has 0 aliphatic carbocycles. The van der Waals surface area contributed by atoms with Crippen LogP contribution in [-0.4, -0.2) is 35.4 Å². The molecule has 1 aromatic heterocycles. The number of aryl methyl sites for hydroxylation is 1. The molecule has 0 saturated heterocycles. The van der Waals surface area contributed by atoms with Crippen molar-refractivity contribution in [2.24, 2.45) is 5.92 Å². The monoisotopic (exact) mass is 373 g/mol. The van der Waals surface area contributed by atoms with Gasteiger partial charge >= 0.3 is 5.97 Å². The van der Waals surface area contributed by atoms with Crippen LogP contribution in [-0.2, 0) is 17.6 Å². The number of aromatic nitrogens is 1. The highest BCUT2D eigenvalue weighted by molar-refractivity contribution is 5.90. The van der Waals surface area contributed by atoms with Crippen LogP contribution in [0.1, 0.15) is 42.4 Å². The Morgan fingerprint density at radius 1 is 1.33 bits per heavy atom. The first kappa shape index (κ1) is 19.3. The number of aliphatic hydroxyl groups is 1. The first-order valence-corrected chi connectivity index (χ1v) is 9.25. The van der Waals surface area contributed by atoms with Gasteiger partial charge in [0.25, 0.3) is 0 Å². The number of pyridine rings is 1. The zero-order valence-corrected chi connectivity index (χ0v) is 15.8. The molecule has 6 heteroatoms. The largest absolute Gasteiger partial charge is 0.471 e. The summed E-state index contributed by atoms with van der Waals surface area (Å²) < 4.78 is 25.7. The Kier molecular flexibility index (Phi) is 5.75. The van der Waals surface area contributed by atoms with E-state index in [-0.39, 0.29) is 36.5 Å². The van der Waals surface area contributed by atoms with Crippen LogP contribution in [0.2, 0.25) is 0 Å². The molecule has 2 atom stereocenters. The average Bonchev–Trinajstić information content (AvgIpc) is 2.67. The number of hydrogen-bond acceptors (Lipinski definition) is 5. The molecule has 0 radical (unpaired) electrons. The lowest BCUT2D eigenvalue weighted by Gasteiger charge is -2.31. The second-order valence-corrected chi connectivity index (χ2v) is 6.75. The van der Waals surface area contributed by atoms with Gasteiger partial charge in [0, 0.05) is 11.1 Å². The number of halogens is 1. The number of carbonyl (C=O) groups excluding carboxylic acids is 1. The van der Waals surface area contributed by atoms with Gasteiger partial charge in [0.1, 0.15) is 11.9 Å². The minimum atomic E-state index is -0.588. The molecule has 2 aromatic rings. The Morgan fingerprint density at radius 3 is 2.74 bits per heavy atom. The van der Waals surface area contributed by atoms with Crippen molar-refractivity contribution in [3.05, 3.63) is 46.9 Å². The van der Waals surface area contributed by atoms with Gasteiger partial charge < -0.3 is 14.6 Å². The molecule has 0 bridgehead atoms. The highest BCUT2D eigenvalue weighted by Crippen LogP contribution is 2.38. The number of hydrogen-bond donors (Lipinski definition) is 1. The highest BCUT2D eigenvalue weighted by atomic mass is 19.1. The van der Waals surface area contributed by atoms with E-state index in [1.54, 1.807) is 19.1 Å². The van der Waals surface area contributed by atoms with Crippen molar-refractivity contribution >= 4 is 5.97 Å². The van der Waals surface area contributed by atoms with Gasteiger partial charge in [-0.2, -0.15) is 0 Å². The minimum Gasteiger partial charge on any atom is -0.471 e. The molecular weight excluding hydrogens is 349 g/mol. The average molecular weight is 373 g/mol. The molecule has 1 aliphatic heterocycles. The molecule has 144 valence electrons. The fourth-order valence-electron chi connectivity index (χ4n) is 3.32. The van der Waals surface area contributed by atoms with Crippen LogP contribution in [0.5, 0.6) is 5.88 Å². The van der Waals surface area contributed by atoms with Gasteiger partial charge in [0.2, 0.25) is 5.88 Å². The smallest absolute Gasteiger partial charge is 0.357 e. The highest BCUT2D eigenvalue weighted by Gasteiger charge is 2.31. The number of aliphatic hydroxyl groups excluding tert-OH is 1. The summed E-state index contributed by atoms with van der Waals surface area (Å²) in [5.74, 6) is -0.648. The Hall–Kier alpha value is -2.47. The second kappa shape index (κ2) is 8.05. The maximum atomic E-state index is 14.8. The fraction of sp³-hybridized carbons (Fsp3) is 0.429. The minimum absolute atomic E-state index is 0.0365. The normalized spacial score (nSPS) is 18.6. The molecule has 1 aromatic carbocycles. The van der Waals surface area contributed by atoms with E-state index in [2.05, 4.69) is 4.98 Å². The van der Waals surface area contributed by atoms with Gasteiger partial charge in [0.15, 0.2) is 5.69 Å². The number of esters is 1. The summed E-state index contributed by atoms with van der Waals surface area (Å²) in [5.41, 5.74) is 2.68. The summed E-state index contributed by atoms with van der Waals surface area (Å²) in [4.78, 5) is 16.5. The number of fused-ring (bicyclic) bond motifs is 1. The van der Waals surface area contributed by atoms with E-state index in [0.717, 1.165) is 17.5 Å². The van der Waals surface area contributed by atoms with E-state index in [1.807, 2.05) is 19.9 Å². The lowest BCUT2D eigenvalue weighted by Crippen LogP contribution is -2.35. The summed E-state index contributed by atoms with van der Waals surface area (Å²) in [7, 11) is 0. The van der Waals surface area contributed by atoms with E-state index in [9.17, 15) is 14.3 Å². The molecule has 3 rings (SSSR count).